The van der Waals surface area contributed by atoms with Gasteiger partial charge in [0.15, 0.2) is 0 Å². The van der Waals surface area contributed by atoms with Gasteiger partial charge in [-0.15, -0.1) is 0 Å². The van der Waals surface area contributed by atoms with Crippen LogP contribution in [0, 0.1) is 19.8 Å². The molecule has 1 aromatic rings. The average molecular weight is 349 g/mol. The van der Waals surface area contributed by atoms with Gasteiger partial charge in [0, 0.05) is 31.7 Å². The monoisotopic (exact) mass is 349 g/mol. The van der Waals surface area contributed by atoms with Crippen LogP contribution >= 0.6 is 0 Å². The molecule has 0 spiro atoms. The molecule has 1 saturated heterocycles. The second-order valence-electron chi connectivity index (χ2n) is 7.28. The second-order valence-corrected chi connectivity index (χ2v) is 7.28. The van der Waals surface area contributed by atoms with Crippen molar-refractivity contribution in [2.75, 3.05) is 13.1 Å². The first-order chi connectivity index (χ1) is 11.6. The smallest absolute Gasteiger partial charge is 0.325 e. The summed E-state index contributed by atoms with van der Waals surface area (Å²) in [6, 6.07) is 1.57. The van der Waals surface area contributed by atoms with Crippen LogP contribution < -0.4 is 10.6 Å². The second kappa shape index (κ2) is 7.25. The van der Waals surface area contributed by atoms with Crippen LogP contribution in [0.15, 0.2) is 6.07 Å². The Balaban J connectivity index is 1.74. The first-order valence-corrected chi connectivity index (χ1v) is 8.52. The Hall–Kier alpha value is -2.38. The normalized spacial score (nSPS) is 17.6. The van der Waals surface area contributed by atoms with Crippen molar-refractivity contribution in [3.05, 3.63) is 17.5 Å². The predicted octanol–water partition coefficient (Wildman–Crippen LogP) is 0.973. The summed E-state index contributed by atoms with van der Waals surface area (Å²) in [5.74, 6) is -0.258. The number of aromatic nitrogens is 2. The van der Waals surface area contributed by atoms with Gasteiger partial charge in [0.2, 0.25) is 5.91 Å². The van der Waals surface area contributed by atoms with E-state index in [4.69, 9.17) is 0 Å². The Morgan fingerprint density at radius 2 is 2.04 bits per heavy atom. The Kier molecular flexibility index (Phi) is 5.49. The van der Waals surface area contributed by atoms with Crippen molar-refractivity contribution in [3.8, 4) is 0 Å². The number of carbonyl (C=O) groups excluding carboxylic acids is 3. The van der Waals surface area contributed by atoms with E-state index in [1.807, 2.05) is 31.5 Å². The van der Waals surface area contributed by atoms with Crippen molar-refractivity contribution in [1.82, 2.24) is 25.3 Å². The maximum Gasteiger partial charge on any atom is 0.325 e. The number of nitrogens with one attached hydrogen (secondary N) is 2. The maximum atomic E-state index is 12.1. The van der Waals surface area contributed by atoms with Gasteiger partial charge < -0.3 is 10.6 Å². The summed E-state index contributed by atoms with van der Waals surface area (Å²) < 4.78 is 1.93. The van der Waals surface area contributed by atoms with Crippen molar-refractivity contribution in [3.63, 3.8) is 0 Å². The van der Waals surface area contributed by atoms with E-state index in [1.54, 1.807) is 13.8 Å². The molecule has 1 aromatic heterocycles. The zero-order valence-electron chi connectivity index (χ0n) is 15.5. The van der Waals surface area contributed by atoms with E-state index in [0.717, 1.165) is 22.8 Å². The molecule has 2 N–H and O–H groups in total. The van der Waals surface area contributed by atoms with E-state index in [1.165, 1.54) is 0 Å². The highest BCUT2D eigenvalue weighted by molar-refractivity contribution is 6.06. The fourth-order valence-electron chi connectivity index (χ4n) is 2.83. The number of imide groups is 1. The molecule has 25 heavy (non-hydrogen) atoms. The Bertz CT molecular complexity index is 680. The van der Waals surface area contributed by atoms with Gasteiger partial charge in [-0.3, -0.25) is 19.2 Å². The van der Waals surface area contributed by atoms with E-state index in [9.17, 15) is 14.4 Å². The zero-order chi connectivity index (χ0) is 18.8. The third-order valence-corrected chi connectivity index (χ3v) is 4.24. The van der Waals surface area contributed by atoms with Gasteiger partial charge in [0.05, 0.1) is 5.69 Å². The molecule has 138 valence electrons. The van der Waals surface area contributed by atoms with E-state index in [2.05, 4.69) is 15.7 Å². The lowest BCUT2D eigenvalue weighted by Crippen LogP contribution is -2.41. The van der Waals surface area contributed by atoms with Crippen LogP contribution in [0.4, 0.5) is 4.79 Å². The lowest BCUT2D eigenvalue weighted by atomic mass is 10.1. The lowest BCUT2D eigenvalue weighted by Gasteiger charge is -2.17. The molecule has 2 heterocycles. The van der Waals surface area contributed by atoms with E-state index in [-0.39, 0.29) is 30.7 Å². The summed E-state index contributed by atoms with van der Waals surface area (Å²) in [5, 5.41) is 9.86. The molecule has 1 fully saturated rings. The van der Waals surface area contributed by atoms with Gasteiger partial charge in [-0.1, -0.05) is 6.92 Å². The summed E-state index contributed by atoms with van der Waals surface area (Å²) in [6.45, 7) is 10.6. The molecular weight excluding hydrogens is 322 g/mol. The highest BCUT2D eigenvalue weighted by Gasteiger charge is 2.43. The number of aryl methyl sites for hydroxylation is 2. The van der Waals surface area contributed by atoms with Crippen LogP contribution in [0.25, 0.3) is 0 Å². The third-order valence-electron chi connectivity index (χ3n) is 4.24. The van der Waals surface area contributed by atoms with Gasteiger partial charge in [0.1, 0.15) is 5.54 Å². The molecule has 0 aliphatic carbocycles. The van der Waals surface area contributed by atoms with Gasteiger partial charge >= 0.3 is 6.03 Å². The van der Waals surface area contributed by atoms with Gasteiger partial charge in [0.25, 0.3) is 5.91 Å². The van der Waals surface area contributed by atoms with Gasteiger partial charge in [-0.25, -0.2) is 4.79 Å². The molecule has 8 nitrogen and oxygen atoms in total. The third kappa shape index (κ3) is 4.58. The maximum absolute atomic E-state index is 12.1. The number of amides is 4. The molecule has 4 amide bonds. The van der Waals surface area contributed by atoms with Crippen LogP contribution in [0.2, 0.25) is 0 Å². The minimum Gasteiger partial charge on any atom is -0.356 e. The quantitative estimate of drug-likeness (QED) is 0.717. The highest BCUT2D eigenvalue weighted by Crippen LogP contribution is 2.16. The molecule has 8 heteroatoms. The molecule has 2 rings (SSSR count). The van der Waals surface area contributed by atoms with E-state index in [0.29, 0.717) is 6.54 Å². The fraction of sp³-hybridized carbons (Fsp3) is 0.647. The fourth-order valence-corrected chi connectivity index (χ4v) is 2.83. The first-order valence-electron chi connectivity index (χ1n) is 8.52. The molecule has 0 saturated carbocycles. The summed E-state index contributed by atoms with van der Waals surface area (Å²) >= 11 is 0. The number of hydrogen-bond donors (Lipinski definition) is 2. The van der Waals surface area contributed by atoms with E-state index < -0.39 is 11.6 Å². The van der Waals surface area contributed by atoms with Crippen LogP contribution in [0.1, 0.15) is 38.6 Å². The number of urea groups is 1. The molecule has 0 bridgehead atoms. The van der Waals surface area contributed by atoms with Crippen molar-refractivity contribution in [2.24, 2.45) is 5.92 Å². The Labute approximate surface area is 147 Å². The number of nitrogens with zero attached hydrogens (tertiary/aromatic N) is 3. The van der Waals surface area contributed by atoms with Crippen molar-refractivity contribution < 1.29 is 14.4 Å². The summed E-state index contributed by atoms with van der Waals surface area (Å²) in [6.07, 6.45) is 0.0991. The largest absolute Gasteiger partial charge is 0.356 e. The Morgan fingerprint density at radius 3 is 2.56 bits per heavy atom. The van der Waals surface area contributed by atoms with Gasteiger partial charge in [-0.05, 0) is 39.7 Å². The minimum absolute atomic E-state index is 0.0891. The number of rotatable bonds is 7. The summed E-state index contributed by atoms with van der Waals surface area (Å²) in [4.78, 5) is 36.9. The highest BCUT2D eigenvalue weighted by atomic mass is 16.2. The predicted molar refractivity (Wildman–Crippen MR) is 92.8 cm³/mol. The van der Waals surface area contributed by atoms with Crippen LogP contribution in [0.5, 0.6) is 0 Å². The molecular formula is C17H27N5O3. The lowest BCUT2D eigenvalue weighted by molar-refractivity contribution is -0.130. The van der Waals surface area contributed by atoms with Crippen molar-refractivity contribution in [1.29, 1.82) is 0 Å². The average Bonchev–Trinajstić information content (AvgIpc) is 2.91. The molecule has 1 aliphatic rings. The minimum atomic E-state index is -0.901. The summed E-state index contributed by atoms with van der Waals surface area (Å²) in [5.41, 5.74) is 1.17. The van der Waals surface area contributed by atoms with E-state index >= 15 is 0 Å². The summed E-state index contributed by atoms with van der Waals surface area (Å²) in [7, 11) is 0. The van der Waals surface area contributed by atoms with Crippen LogP contribution in [0.3, 0.4) is 0 Å². The molecule has 0 aromatic carbocycles. The number of carbonyl (C=O) groups is 3. The van der Waals surface area contributed by atoms with Gasteiger partial charge in [-0.2, -0.15) is 5.10 Å². The van der Waals surface area contributed by atoms with Crippen molar-refractivity contribution >= 4 is 17.8 Å². The van der Waals surface area contributed by atoms with Crippen LogP contribution in [-0.2, 0) is 16.1 Å². The standard InChI is InChI=1S/C17H27N5O3/c1-11(10-22-13(3)8-12(2)20-22)9-18-14(23)6-7-21-15(24)17(4,5)19-16(21)25/h8,11H,6-7,9-10H2,1-5H3,(H,18,23)(H,19,25). The number of hydrogen-bond acceptors (Lipinski definition) is 4. The molecule has 0 radical (unpaired) electrons. The SMILES string of the molecule is Cc1cc(C)n(CC(C)CNC(=O)CCN2C(=O)NC(C)(C)C2=O)n1. The Morgan fingerprint density at radius 1 is 1.36 bits per heavy atom. The van der Waals surface area contributed by atoms with Crippen molar-refractivity contribution in [2.45, 2.75) is 53.1 Å². The zero-order valence-corrected chi connectivity index (χ0v) is 15.5. The molecule has 1 atom stereocenters. The molecule has 1 unspecified atom stereocenters. The molecule has 1 aliphatic heterocycles. The topological polar surface area (TPSA) is 96.3 Å². The van der Waals surface area contributed by atoms with Crippen LogP contribution in [-0.4, -0.2) is 51.2 Å². The first kappa shape index (κ1) is 19.0.